The molecule has 0 bridgehead atoms. The molecule has 0 atom stereocenters. The molecule has 2 amide bonds. The number of nitrogens with zero attached hydrogens (tertiary/aromatic N) is 1. The van der Waals surface area contributed by atoms with Crippen molar-refractivity contribution in [2.75, 3.05) is 30.3 Å². The number of anilines is 1. The highest BCUT2D eigenvalue weighted by Crippen LogP contribution is 2.29. The molecule has 0 radical (unpaired) electrons. The Kier molecular flexibility index (Phi) is 8.26. The third kappa shape index (κ3) is 6.20. The average molecular weight is 475 g/mol. The molecule has 5 nitrogen and oxygen atoms in total. The van der Waals surface area contributed by atoms with Gasteiger partial charge in [0.1, 0.15) is 5.75 Å². The van der Waals surface area contributed by atoms with Gasteiger partial charge in [-0.3, -0.25) is 9.59 Å². The molecule has 4 rings (SSSR count). The minimum atomic E-state index is -0.110. The Hall–Kier alpha value is -3.25. The first kappa shape index (κ1) is 23.9. The van der Waals surface area contributed by atoms with Crippen molar-refractivity contribution in [3.8, 4) is 5.75 Å². The Bertz CT molecular complexity index is 1130. The molecule has 0 fully saturated rings. The number of carbonyl (C=O) groups excluding carboxylic acids is 2. The van der Waals surface area contributed by atoms with Crippen molar-refractivity contribution in [2.24, 2.45) is 0 Å². The van der Waals surface area contributed by atoms with E-state index in [2.05, 4.69) is 11.4 Å². The smallest absolute Gasteiger partial charge is 0.252 e. The van der Waals surface area contributed by atoms with Crippen LogP contribution in [-0.4, -0.2) is 37.3 Å². The van der Waals surface area contributed by atoms with Gasteiger partial charge >= 0.3 is 0 Å². The lowest BCUT2D eigenvalue weighted by Crippen LogP contribution is -2.30. The van der Waals surface area contributed by atoms with E-state index in [1.807, 2.05) is 78.6 Å². The lowest BCUT2D eigenvalue weighted by Gasteiger charge is -2.17. The number of hydrogen-bond acceptors (Lipinski definition) is 4. The van der Waals surface area contributed by atoms with Crippen LogP contribution in [0.15, 0.2) is 77.7 Å². The highest BCUT2D eigenvalue weighted by atomic mass is 32.2. The van der Waals surface area contributed by atoms with E-state index >= 15 is 0 Å². The summed E-state index contributed by atoms with van der Waals surface area (Å²) in [6, 6.07) is 23.5. The topological polar surface area (TPSA) is 58.6 Å². The second-order valence-electron chi connectivity index (χ2n) is 8.33. The van der Waals surface area contributed by atoms with Gasteiger partial charge in [0.05, 0.1) is 17.9 Å². The van der Waals surface area contributed by atoms with Crippen molar-refractivity contribution in [3.63, 3.8) is 0 Å². The van der Waals surface area contributed by atoms with Crippen molar-refractivity contribution >= 4 is 29.3 Å². The fraction of sp³-hybridized carbons (Fsp3) is 0.286. The second-order valence-corrected chi connectivity index (χ2v) is 9.35. The Balaban J connectivity index is 1.22. The van der Waals surface area contributed by atoms with E-state index in [0.717, 1.165) is 35.6 Å². The summed E-state index contributed by atoms with van der Waals surface area (Å²) in [6.07, 6.45) is 2.58. The lowest BCUT2D eigenvalue weighted by molar-refractivity contribution is -0.116. The molecule has 1 aliphatic heterocycles. The van der Waals surface area contributed by atoms with Gasteiger partial charge in [0.25, 0.3) is 5.91 Å². The van der Waals surface area contributed by atoms with Crippen LogP contribution in [0.1, 0.15) is 34.3 Å². The van der Waals surface area contributed by atoms with Gasteiger partial charge in [-0.1, -0.05) is 48.0 Å². The zero-order chi connectivity index (χ0) is 23.8. The number of nitrogens with one attached hydrogen (secondary N) is 1. The van der Waals surface area contributed by atoms with Crippen LogP contribution in [0.25, 0.3) is 0 Å². The van der Waals surface area contributed by atoms with Crippen LogP contribution < -0.4 is 15.0 Å². The van der Waals surface area contributed by atoms with E-state index in [1.54, 1.807) is 0 Å². The molecule has 6 heteroatoms. The predicted octanol–water partition coefficient (Wildman–Crippen LogP) is 5.27. The molecule has 0 spiro atoms. The first-order valence-corrected chi connectivity index (χ1v) is 12.7. The summed E-state index contributed by atoms with van der Waals surface area (Å²) < 4.78 is 5.74. The summed E-state index contributed by atoms with van der Waals surface area (Å²) >= 11 is 1.42. The van der Waals surface area contributed by atoms with Gasteiger partial charge in [-0.25, -0.2) is 0 Å². The Labute approximate surface area is 205 Å². The molecule has 0 saturated heterocycles. The standard InChI is InChI=1S/C28H30N2O3S/c1-21-12-14-23(15-13-21)33-19-7-6-17-29-28(32)24-9-3-5-11-26(24)34-20-27(31)30-18-16-22-8-2-4-10-25(22)30/h2-5,8-15H,6-7,16-20H2,1H3,(H,29,32). The van der Waals surface area contributed by atoms with Crippen LogP contribution in [0.4, 0.5) is 5.69 Å². The normalized spacial score (nSPS) is 12.3. The number of hydrogen-bond donors (Lipinski definition) is 1. The number of para-hydroxylation sites is 1. The minimum absolute atomic E-state index is 0.0683. The number of fused-ring (bicyclic) bond motifs is 1. The molecular formula is C28H30N2O3S. The van der Waals surface area contributed by atoms with Gasteiger partial charge in [0, 0.05) is 23.7 Å². The van der Waals surface area contributed by atoms with Crippen LogP contribution >= 0.6 is 11.8 Å². The molecule has 0 unspecified atom stereocenters. The van der Waals surface area contributed by atoms with E-state index in [1.165, 1.54) is 22.9 Å². The number of rotatable bonds is 10. The first-order valence-electron chi connectivity index (χ1n) is 11.7. The maximum atomic E-state index is 12.8. The maximum Gasteiger partial charge on any atom is 0.252 e. The number of thioether (sulfide) groups is 1. The van der Waals surface area contributed by atoms with Crippen LogP contribution in [0, 0.1) is 6.92 Å². The molecule has 0 aromatic heterocycles. The van der Waals surface area contributed by atoms with Gasteiger partial charge < -0.3 is 15.0 Å². The third-order valence-corrected chi connectivity index (χ3v) is 6.88. The highest BCUT2D eigenvalue weighted by Gasteiger charge is 2.24. The molecule has 176 valence electrons. The number of aryl methyl sites for hydroxylation is 1. The number of amides is 2. The summed E-state index contributed by atoms with van der Waals surface area (Å²) in [7, 11) is 0. The fourth-order valence-corrected chi connectivity index (χ4v) is 4.87. The zero-order valence-electron chi connectivity index (χ0n) is 19.5. The summed E-state index contributed by atoms with van der Waals surface area (Å²) in [6.45, 7) is 3.97. The Morgan fingerprint density at radius 1 is 0.971 bits per heavy atom. The van der Waals surface area contributed by atoms with Crippen molar-refractivity contribution < 1.29 is 14.3 Å². The van der Waals surface area contributed by atoms with Crippen LogP contribution in [0.2, 0.25) is 0 Å². The van der Waals surface area contributed by atoms with E-state index in [9.17, 15) is 9.59 Å². The molecule has 1 heterocycles. The Morgan fingerprint density at radius 3 is 2.59 bits per heavy atom. The summed E-state index contributed by atoms with van der Waals surface area (Å²) in [5.41, 5.74) is 4.03. The molecule has 0 saturated carbocycles. The van der Waals surface area contributed by atoms with E-state index in [-0.39, 0.29) is 11.8 Å². The number of benzene rings is 3. The molecule has 1 aliphatic rings. The molecule has 1 N–H and O–H groups in total. The minimum Gasteiger partial charge on any atom is -0.494 e. The van der Waals surface area contributed by atoms with Crippen molar-refractivity contribution in [3.05, 3.63) is 89.5 Å². The van der Waals surface area contributed by atoms with Gasteiger partial charge in [0.15, 0.2) is 0 Å². The van der Waals surface area contributed by atoms with Gasteiger partial charge in [0.2, 0.25) is 5.91 Å². The van der Waals surface area contributed by atoms with E-state index in [4.69, 9.17) is 4.74 Å². The van der Waals surface area contributed by atoms with Gasteiger partial charge in [-0.05, 0) is 62.1 Å². The molecular weight excluding hydrogens is 444 g/mol. The third-order valence-electron chi connectivity index (χ3n) is 5.82. The molecule has 3 aromatic rings. The van der Waals surface area contributed by atoms with Gasteiger partial charge in [-0.15, -0.1) is 11.8 Å². The largest absolute Gasteiger partial charge is 0.494 e. The van der Waals surface area contributed by atoms with Crippen molar-refractivity contribution in [2.45, 2.75) is 31.1 Å². The van der Waals surface area contributed by atoms with Crippen molar-refractivity contribution in [1.29, 1.82) is 0 Å². The molecule has 0 aliphatic carbocycles. The van der Waals surface area contributed by atoms with Crippen LogP contribution in [-0.2, 0) is 11.2 Å². The van der Waals surface area contributed by atoms with E-state index in [0.29, 0.717) is 31.0 Å². The molecule has 34 heavy (non-hydrogen) atoms. The maximum absolute atomic E-state index is 12.8. The number of unbranched alkanes of at least 4 members (excludes halogenated alkanes) is 1. The summed E-state index contributed by atoms with van der Waals surface area (Å²) in [5, 5.41) is 3.00. The summed E-state index contributed by atoms with van der Waals surface area (Å²) in [4.78, 5) is 28.3. The zero-order valence-corrected chi connectivity index (χ0v) is 20.3. The summed E-state index contributed by atoms with van der Waals surface area (Å²) in [5.74, 6) is 1.13. The average Bonchev–Trinajstić information content (AvgIpc) is 3.30. The SMILES string of the molecule is Cc1ccc(OCCCCNC(=O)c2ccccc2SCC(=O)N2CCc3ccccc32)cc1. The van der Waals surface area contributed by atoms with E-state index < -0.39 is 0 Å². The first-order chi connectivity index (χ1) is 16.6. The van der Waals surface area contributed by atoms with Crippen LogP contribution in [0.3, 0.4) is 0 Å². The van der Waals surface area contributed by atoms with Crippen molar-refractivity contribution in [1.82, 2.24) is 5.32 Å². The number of ether oxygens (including phenoxy) is 1. The second kappa shape index (κ2) is 11.7. The molecule has 3 aromatic carbocycles. The monoisotopic (exact) mass is 474 g/mol. The quantitative estimate of drug-likeness (QED) is 0.321. The Morgan fingerprint density at radius 2 is 1.74 bits per heavy atom. The highest BCUT2D eigenvalue weighted by molar-refractivity contribution is 8.00. The van der Waals surface area contributed by atoms with Crippen LogP contribution in [0.5, 0.6) is 5.75 Å². The predicted molar refractivity (Wildman–Crippen MR) is 138 cm³/mol. The van der Waals surface area contributed by atoms with Gasteiger partial charge in [-0.2, -0.15) is 0 Å². The fourth-order valence-electron chi connectivity index (χ4n) is 3.94. The number of carbonyl (C=O) groups is 2. The lowest BCUT2D eigenvalue weighted by atomic mass is 10.2.